The lowest BCUT2D eigenvalue weighted by molar-refractivity contribution is -0.121. The third-order valence-corrected chi connectivity index (χ3v) is 3.97. The van der Waals surface area contributed by atoms with Crippen molar-refractivity contribution in [2.75, 3.05) is 12.4 Å². The van der Waals surface area contributed by atoms with Crippen molar-refractivity contribution in [3.8, 4) is 0 Å². The van der Waals surface area contributed by atoms with Crippen LogP contribution < -0.4 is 16.0 Å². The topological polar surface area (TPSA) is 108 Å². The van der Waals surface area contributed by atoms with Crippen molar-refractivity contribution in [1.82, 2.24) is 20.4 Å². The van der Waals surface area contributed by atoms with E-state index in [1.165, 1.54) is 10.9 Å². The van der Waals surface area contributed by atoms with E-state index in [0.29, 0.717) is 12.1 Å². The predicted octanol–water partition coefficient (Wildman–Crippen LogP) is 0.409. The first kappa shape index (κ1) is 16.0. The number of urea groups is 1. The Hall–Kier alpha value is -2.87. The normalized spacial score (nSPS) is 18.8. The molecule has 0 fully saturated rings. The van der Waals surface area contributed by atoms with E-state index < -0.39 is 18.2 Å². The minimum absolute atomic E-state index is 0.0779. The van der Waals surface area contributed by atoms with Crippen LogP contribution in [0.3, 0.4) is 0 Å². The number of carbonyl (C=O) groups is 2. The second-order valence-corrected chi connectivity index (χ2v) is 5.65. The number of aromatic nitrogens is 2. The number of nitrogens with zero attached hydrogens (tertiary/aromatic N) is 2. The van der Waals surface area contributed by atoms with Crippen molar-refractivity contribution in [3.05, 3.63) is 47.8 Å². The molecular weight excluding hydrogens is 310 g/mol. The molecule has 3 amide bonds. The van der Waals surface area contributed by atoms with Gasteiger partial charge in [0.25, 0.3) is 0 Å². The number of carbonyl (C=O) groups excluding carboxylic acids is 2. The third-order valence-electron chi connectivity index (χ3n) is 3.97. The first-order valence-corrected chi connectivity index (χ1v) is 7.63. The first-order valence-electron chi connectivity index (χ1n) is 7.63. The highest BCUT2D eigenvalue weighted by Gasteiger charge is 2.31. The number of nitrogens with one attached hydrogen (secondary N) is 3. The number of amides is 3. The molecule has 0 saturated carbocycles. The smallest absolute Gasteiger partial charge is 0.319 e. The molecule has 0 unspecified atom stereocenters. The van der Waals surface area contributed by atoms with Crippen LogP contribution in [0.25, 0.3) is 0 Å². The van der Waals surface area contributed by atoms with Gasteiger partial charge < -0.3 is 21.1 Å². The van der Waals surface area contributed by atoms with Crippen molar-refractivity contribution in [1.29, 1.82) is 0 Å². The van der Waals surface area contributed by atoms with E-state index in [4.69, 9.17) is 0 Å². The summed E-state index contributed by atoms with van der Waals surface area (Å²) in [5.41, 5.74) is 2.43. The molecule has 0 saturated heterocycles. The zero-order chi connectivity index (χ0) is 17.1. The van der Waals surface area contributed by atoms with Gasteiger partial charge in [-0.2, -0.15) is 5.10 Å². The van der Waals surface area contributed by atoms with E-state index in [2.05, 4.69) is 21.0 Å². The molecule has 1 heterocycles. The van der Waals surface area contributed by atoms with Crippen LogP contribution in [-0.2, 0) is 17.8 Å². The van der Waals surface area contributed by atoms with Gasteiger partial charge in [-0.05, 0) is 11.1 Å². The molecule has 0 bridgehead atoms. The summed E-state index contributed by atoms with van der Waals surface area (Å²) in [5, 5.41) is 22.1. The van der Waals surface area contributed by atoms with Gasteiger partial charge in [-0.3, -0.25) is 9.48 Å². The molecule has 1 aliphatic rings. The van der Waals surface area contributed by atoms with E-state index in [9.17, 15) is 14.7 Å². The average Bonchev–Trinajstić information content (AvgIpc) is 3.12. The SMILES string of the molecule is CNC(=O)Cn1cc(NC(=O)N[C@H]2c3ccccc3C[C@@H]2O)cn1. The van der Waals surface area contributed by atoms with Crippen LogP contribution in [0.1, 0.15) is 17.2 Å². The number of anilines is 1. The fraction of sp³-hybridized carbons (Fsp3) is 0.312. The van der Waals surface area contributed by atoms with E-state index >= 15 is 0 Å². The van der Waals surface area contributed by atoms with E-state index in [1.54, 1.807) is 13.2 Å². The van der Waals surface area contributed by atoms with Crippen LogP contribution in [0.4, 0.5) is 10.5 Å². The van der Waals surface area contributed by atoms with Gasteiger partial charge in [0.2, 0.25) is 5.91 Å². The number of likely N-dealkylation sites (N-methyl/N-ethyl adjacent to an activating group) is 1. The molecule has 2 aromatic rings. The lowest BCUT2D eigenvalue weighted by atomic mass is 10.1. The highest BCUT2D eigenvalue weighted by atomic mass is 16.3. The molecule has 0 radical (unpaired) electrons. The second kappa shape index (κ2) is 6.71. The largest absolute Gasteiger partial charge is 0.390 e. The summed E-state index contributed by atoms with van der Waals surface area (Å²) < 4.78 is 1.42. The Labute approximate surface area is 138 Å². The summed E-state index contributed by atoms with van der Waals surface area (Å²) in [6.07, 6.45) is 2.89. The highest BCUT2D eigenvalue weighted by Crippen LogP contribution is 2.31. The molecule has 126 valence electrons. The molecule has 24 heavy (non-hydrogen) atoms. The lowest BCUT2D eigenvalue weighted by Crippen LogP contribution is -2.36. The Morgan fingerprint density at radius 2 is 2.17 bits per heavy atom. The summed E-state index contributed by atoms with van der Waals surface area (Å²) in [6, 6.07) is 6.76. The summed E-state index contributed by atoms with van der Waals surface area (Å²) in [7, 11) is 1.54. The molecule has 3 rings (SSSR count). The van der Waals surface area contributed by atoms with Gasteiger partial charge in [-0.25, -0.2) is 4.79 Å². The van der Waals surface area contributed by atoms with Crippen LogP contribution >= 0.6 is 0 Å². The van der Waals surface area contributed by atoms with Gasteiger partial charge >= 0.3 is 6.03 Å². The van der Waals surface area contributed by atoms with Gasteiger partial charge in [0.05, 0.1) is 24.0 Å². The van der Waals surface area contributed by atoms with Gasteiger partial charge in [-0.15, -0.1) is 0 Å². The van der Waals surface area contributed by atoms with Crippen LogP contribution in [0.5, 0.6) is 0 Å². The molecule has 0 spiro atoms. The maximum Gasteiger partial charge on any atom is 0.319 e. The Kier molecular flexibility index (Phi) is 4.48. The molecule has 4 N–H and O–H groups in total. The Morgan fingerprint density at radius 1 is 1.38 bits per heavy atom. The number of aliphatic hydroxyl groups excluding tert-OH is 1. The minimum atomic E-state index is -0.649. The van der Waals surface area contributed by atoms with Gasteiger partial charge in [0.1, 0.15) is 6.54 Å². The molecule has 0 aliphatic heterocycles. The molecule has 1 aromatic heterocycles. The number of fused-ring (bicyclic) bond motifs is 1. The monoisotopic (exact) mass is 329 g/mol. The number of hydrogen-bond acceptors (Lipinski definition) is 4. The molecule has 8 nitrogen and oxygen atoms in total. The standard InChI is InChI=1S/C16H19N5O3/c1-17-14(23)9-21-8-11(7-18-21)19-16(24)20-15-12-5-3-2-4-10(12)6-13(15)22/h2-5,7-8,13,15,22H,6,9H2,1H3,(H,17,23)(H2,19,20,24)/t13-,15-/m0/s1. The maximum absolute atomic E-state index is 12.2. The minimum Gasteiger partial charge on any atom is -0.390 e. The van der Waals surface area contributed by atoms with Gasteiger partial charge in [0, 0.05) is 19.7 Å². The third kappa shape index (κ3) is 3.38. The molecule has 1 aliphatic carbocycles. The van der Waals surface area contributed by atoms with E-state index in [0.717, 1.165) is 11.1 Å². The summed E-state index contributed by atoms with van der Waals surface area (Å²) in [5.74, 6) is -0.181. The highest BCUT2D eigenvalue weighted by molar-refractivity contribution is 5.89. The van der Waals surface area contributed by atoms with Crippen LogP contribution in [0.2, 0.25) is 0 Å². The van der Waals surface area contributed by atoms with Gasteiger partial charge in [0.15, 0.2) is 0 Å². The fourth-order valence-electron chi connectivity index (χ4n) is 2.80. The van der Waals surface area contributed by atoms with Crippen molar-refractivity contribution < 1.29 is 14.7 Å². The van der Waals surface area contributed by atoms with Crippen molar-refractivity contribution in [2.24, 2.45) is 0 Å². The van der Waals surface area contributed by atoms with Crippen molar-refractivity contribution >= 4 is 17.6 Å². The van der Waals surface area contributed by atoms with E-state index in [-0.39, 0.29) is 12.5 Å². The quantitative estimate of drug-likeness (QED) is 0.651. The van der Waals surface area contributed by atoms with Gasteiger partial charge in [-0.1, -0.05) is 24.3 Å². The summed E-state index contributed by atoms with van der Waals surface area (Å²) >= 11 is 0. The number of aliphatic hydroxyl groups is 1. The molecular formula is C16H19N5O3. The summed E-state index contributed by atoms with van der Waals surface area (Å²) in [4.78, 5) is 23.5. The fourth-order valence-corrected chi connectivity index (χ4v) is 2.80. The van der Waals surface area contributed by atoms with Crippen LogP contribution in [-0.4, -0.2) is 40.0 Å². The zero-order valence-electron chi connectivity index (χ0n) is 13.2. The van der Waals surface area contributed by atoms with Crippen molar-refractivity contribution in [2.45, 2.75) is 25.1 Å². The number of benzene rings is 1. The van der Waals surface area contributed by atoms with Crippen LogP contribution in [0.15, 0.2) is 36.7 Å². The van der Waals surface area contributed by atoms with Crippen molar-refractivity contribution in [3.63, 3.8) is 0 Å². The Balaban J connectivity index is 1.61. The second-order valence-electron chi connectivity index (χ2n) is 5.65. The Morgan fingerprint density at radius 3 is 2.96 bits per heavy atom. The molecule has 2 atom stereocenters. The molecule has 8 heteroatoms. The average molecular weight is 329 g/mol. The maximum atomic E-state index is 12.2. The summed E-state index contributed by atoms with van der Waals surface area (Å²) in [6.45, 7) is 0.0779. The number of rotatable bonds is 4. The molecule has 1 aromatic carbocycles. The zero-order valence-corrected chi connectivity index (χ0v) is 13.2. The number of hydrogen-bond donors (Lipinski definition) is 4. The lowest BCUT2D eigenvalue weighted by Gasteiger charge is -2.18. The predicted molar refractivity (Wildman–Crippen MR) is 87.3 cm³/mol. The van der Waals surface area contributed by atoms with Crippen LogP contribution in [0, 0.1) is 0 Å². The Bertz CT molecular complexity index is 758. The van der Waals surface area contributed by atoms with E-state index in [1.807, 2.05) is 24.3 Å². The first-order chi connectivity index (χ1) is 11.6.